The highest BCUT2D eigenvalue weighted by Crippen LogP contribution is 2.06. The Hall–Kier alpha value is -1.24. The normalized spacial score (nSPS) is 9.20. The van der Waals surface area contributed by atoms with Crippen molar-refractivity contribution in [2.24, 2.45) is 0 Å². The van der Waals surface area contributed by atoms with Gasteiger partial charge in [0.15, 0.2) is 0 Å². The fourth-order valence-corrected chi connectivity index (χ4v) is 0.709. The lowest BCUT2D eigenvalue weighted by molar-refractivity contribution is 0.521. The molecule has 0 N–H and O–H groups in total. The fraction of sp³-hybridized carbons (Fsp3) is 0.111. The minimum atomic E-state index is 0.760. The first-order valence-corrected chi connectivity index (χ1v) is 3.15. The Morgan fingerprint density at radius 2 is 2.50 bits per heavy atom. The molecule has 0 amide bonds. The maximum absolute atomic E-state index is 5.10. The molecule has 1 rings (SSSR count). The van der Waals surface area contributed by atoms with Gasteiger partial charge in [-0.3, -0.25) is 0 Å². The lowest BCUT2D eigenvalue weighted by atomic mass is 10.2. The molecule has 0 unspecified atom stereocenters. The van der Waals surface area contributed by atoms with E-state index >= 15 is 0 Å². The summed E-state index contributed by atoms with van der Waals surface area (Å²) in [5.74, 6) is 0.935. The maximum Gasteiger partial charge on any atom is 0.108 e. The Bertz CT molecular complexity index is 219. The molecule has 0 fully saturated rings. The van der Waals surface area contributed by atoms with Crippen LogP contribution in [0.5, 0.6) is 0 Å². The molecule has 0 atom stereocenters. The van der Waals surface area contributed by atoms with Gasteiger partial charge in [-0.1, -0.05) is 19.2 Å². The van der Waals surface area contributed by atoms with E-state index in [0.717, 1.165) is 17.8 Å². The smallest absolute Gasteiger partial charge is 0.108 e. The van der Waals surface area contributed by atoms with Crippen molar-refractivity contribution in [1.29, 1.82) is 0 Å². The van der Waals surface area contributed by atoms with Gasteiger partial charge in [0, 0.05) is 6.42 Å². The summed E-state index contributed by atoms with van der Waals surface area (Å²) in [7, 11) is 0. The van der Waals surface area contributed by atoms with Gasteiger partial charge < -0.3 is 4.42 Å². The van der Waals surface area contributed by atoms with Crippen LogP contribution in [0.2, 0.25) is 0 Å². The van der Waals surface area contributed by atoms with Crippen molar-refractivity contribution in [3.05, 3.63) is 49.0 Å². The second kappa shape index (κ2) is 3.06. The topological polar surface area (TPSA) is 13.1 Å². The van der Waals surface area contributed by atoms with Crippen molar-refractivity contribution in [1.82, 2.24) is 0 Å². The average molecular weight is 134 g/mol. The summed E-state index contributed by atoms with van der Waals surface area (Å²) in [4.78, 5) is 0. The molecule has 0 aliphatic carbocycles. The van der Waals surface area contributed by atoms with E-state index in [-0.39, 0.29) is 0 Å². The molecule has 0 aromatic carbocycles. The molecule has 1 heterocycles. The highest BCUT2D eigenvalue weighted by Gasteiger charge is 1.94. The van der Waals surface area contributed by atoms with Crippen molar-refractivity contribution in [3.8, 4) is 0 Å². The quantitative estimate of drug-likeness (QED) is 0.579. The minimum Gasteiger partial charge on any atom is -0.469 e. The zero-order valence-corrected chi connectivity index (χ0v) is 5.84. The highest BCUT2D eigenvalue weighted by molar-refractivity contribution is 5.18. The number of hydrogen-bond acceptors (Lipinski definition) is 1. The molecule has 1 aromatic heterocycles. The second-order valence-electron chi connectivity index (χ2n) is 2.12. The van der Waals surface area contributed by atoms with Crippen LogP contribution in [0.1, 0.15) is 5.76 Å². The third kappa shape index (κ3) is 1.62. The second-order valence-corrected chi connectivity index (χ2v) is 2.12. The predicted octanol–water partition coefficient (Wildman–Crippen LogP) is 2.56. The van der Waals surface area contributed by atoms with Gasteiger partial charge in [-0.15, -0.1) is 0 Å². The summed E-state index contributed by atoms with van der Waals surface area (Å²) in [6, 6.07) is 3.79. The number of furan rings is 1. The van der Waals surface area contributed by atoms with E-state index in [2.05, 4.69) is 13.2 Å². The summed E-state index contributed by atoms with van der Waals surface area (Å²) in [5.41, 5.74) is 0.981. The van der Waals surface area contributed by atoms with E-state index in [9.17, 15) is 0 Å². The summed E-state index contributed by atoms with van der Waals surface area (Å²) in [5, 5.41) is 0. The molecule has 10 heavy (non-hydrogen) atoms. The highest BCUT2D eigenvalue weighted by atomic mass is 16.3. The first-order chi connectivity index (χ1) is 4.83. The third-order valence-corrected chi connectivity index (χ3v) is 1.27. The van der Waals surface area contributed by atoms with Crippen LogP contribution in [0.3, 0.4) is 0 Å². The van der Waals surface area contributed by atoms with Crippen LogP contribution < -0.4 is 0 Å². The van der Waals surface area contributed by atoms with Crippen molar-refractivity contribution in [2.45, 2.75) is 6.42 Å². The lowest BCUT2D eigenvalue weighted by Gasteiger charge is -1.92. The molecule has 0 spiro atoms. The standard InChI is InChI=1S/C9H10O/c1-3-8(2)7-9-5-4-6-10-9/h3-6H,1-2,7H2. The number of hydrogen-bond donors (Lipinski definition) is 0. The molecule has 1 aromatic rings. The Labute approximate surface area is 60.7 Å². The summed E-state index contributed by atoms with van der Waals surface area (Å²) >= 11 is 0. The first-order valence-electron chi connectivity index (χ1n) is 3.15. The molecule has 0 saturated heterocycles. The monoisotopic (exact) mass is 134 g/mol. The number of rotatable bonds is 3. The largest absolute Gasteiger partial charge is 0.469 e. The zero-order valence-electron chi connectivity index (χ0n) is 5.84. The SMILES string of the molecule is C=CC(=C)Cc1ccco1. The molecule has 0 radical (unpaired) electrons. The van der Waals surface area contributed by atoms with Crippen LogP contribution in [-0.2, 0) is 6.42 Å². The molecule has 0 bridgehead atoms. The third-order valence-electron chi connectivity index (χ3n) is 1.27. The molecule has 1 heteroatoms. The average Bonchev–Trinajstić information content (AvgIpc) is 2.40. The molecule has 1 nitrogen and oxygen atoms in total. The van der Waals surface area contributed by atoms with Crippen LogP contribution in [0.15, 0.2) is 47.6 Å². The van der Waals surface area contributed by atoms with E-state index in [1.807, 2.05) is 12.1 Å². The van der Waals surface area contributed by atoms with Gasteiger partial charge in [-0.25, -0.2) is 0 Å². The van der Waals surface area contributed by atoms with E-state index in [1.54, 1.807) is 12.3 Å². The van der Waals surface area contributed by atoms with Crippen molar-refractivity contribution in [3.63, 3.8) is 0 Å². The number of allylic oxidation sites excluding steroid dienone is 2. The Morgan fingerprint density at radius 3 is 3.00 bits per heavy atom. The lowest BCUT2D eigenvalue weighted by Crippen LogP contribution is -1.80. The summed E-state index contributed by atoms with van der Waals surface area (Å²) in [6.45, 7) is 7.37. The van der Waals surface area contributed by atoms with Gasteiger partial charge in [0.1, 0.15) is 5.76 Å². The van der Waals surface area contributed by atoms with E-state index < -0.39 is 0 Å². The Balaban J connectivity index is 2.56. The maximum atomic E-state index is 5.10. The van der Waals surface area contributed by atoms with Gasteiger partial charge in [0.25, 0.3) is 0 Å². The van der Waals surface area contributed by atoms with Crippen molar-refractivity contribution >= 4 is 0 Å². The van der Waals surface area contributed by atoms with Crippen LogP contribution in [-0.4, -0.2) is 0 Å². The molecular formula is C9H10O. The van der Waals surface area contributed by atoms with Crippen molar-refractivity contribution in [2.75, 3.05) is 0 Å². The van der Waals surface area contributed by atoms with Gasteiger partial charge in [0.05, 0.1) is 6.26 Å². The van der Waals surface area contributed by atoms with Crippen LogP contribution >= 0.6 is 0 Å². The molecular weight excluding hydrogens is 124 g/mol. The van der Waals surface area contributed by atoms with Crippen LogP contribution in [0.25, 0.3) is 0 Å². The van der Waals surface area contributed by atoms with E-state index in [0.29, 0.717) is 0 Å². The molecule has 0 aliphatic heterocycles. The summed E-state index contributed by atoms with van der Waals surface area (Å²) in [6.07, 6.45) is 4.16. The minimum absolute atomic E-state index is 0.760. The van der Waals surface area contributed by atoms with Gasteiger partial charge in [0.2, 0.25) is 0 Å². The summed E-state index contributed by atoms with van der Waals surface area (Å²) < 4.78 is 5.10. The van der Waals surface area contributed by atoms with E-state index in [1.165, 1.54) is 0 Å². The first kappa shape index (κ1) is 6.87. The Morgan fingerprint density at radius 1 is 1.70 bits per heavy atom. The molecule has 0 aliphatic rings. The fourth-order valence-electron chi connectivity index (χ4n) is 0.709. The predicted molar refractivity (Wildman–Crippen MR) is 41.7 cm³/mol. The van der Waals surface area contributed by atoms with E-state index in [4.69, 9.17) is 4.42 Å². The molecule has 52 valence electrons. The van der Waals surface area contributed by atoms with Gasteiger partial charge in [-0.05, 0) is 17.7 Å². The van der Waals surface area contributed by atoms with Gasteiger partial charge in [-0.2, -0.15) is 0 Å². The zero-order chi connectivity index (χ0) is 7.40. The van der Waals surface area contributed by atoms with Crippen LogP contribution in [0.4, 0.5) is 0 Å². The molecule has 0 saturated carbocycles. The van der Waals surface area contributed by atoms with Crippen molar-refractivity contribution < 1.29 is 4.42 Å². The van der Waals surface area contributed by atoms with Gasteiger partial charge >= 0.3 is 0 Å². The Kier molecular flexibility index (Phi) is 2.11. The van der Waals surface area contributed by atoms with Crippen LogP contribution in [0, 0.1) is 0 Å².